The molecule has 0 aliphatic carbocycles. The first-order valence-corrected chi connectivity index (χ1v) is 7.83. The lowest BCUT2D eigenvalue weighted by Crippen LogP contribution is -2.02. The number of rotatable bonds is 5. The maximum Gasteiger partial charge on any atom is 0.148 e. The van der Waals surface area contributed by atoms with Gasteiger partial charge in [0.15, 0.2) is 0 Å². The zero-order valence-corrected chi connectivity index (χ0v) is 13.1. The van der Waals surface area contributed by atoms with Crippen LogP contribution < -0.4 is 5.32 Å². The summed E-state index contributed by atoms with van der Waals surface area (Å²) in [6.45, 7) is 0.659. The van der Waals surface area contributed by atoms with Crippen molar-refractivity contribution in [1.82, 2.24) is 20.0 Å². The maximum atomic E-state index is 4.56. The average molecular weight is 315 g/mol. The van der Waals surface area contributed by atoms with Gasteiger partial charge in [-0.15, -0.1) is 0 Å². The molecule has 0 spiro atoms. The standard InChI is InChI=1S/C19H17N5/c1-3-7-15(8-4-1)19-16(14-21-22-19)13-20-18-11-12-24(23-18)17-9-5-2-6-10-17/h1-12,14H,13H2,(H,20,23)(H,21,22). The first-order chi connectivity index (χ1) is 11.9. The molecular formula is C19H17N5. The van der Waals surface area contributed by atoms with Gasteiger partial charge >= 0.3 is 0 Å². The van der Waals surface area contributed by atoms with Gasteiger partial charge in [0.1, 0.15) is 5.82 Å². The van der Waals surface area contributed by atoms with Crippen LogP contribution in [0, 0.1) is 0 Å². The van der Waals surface area contributed by atoms with Crippen molar-refractivity contribution in [2.24, 2.45) is 0 Å². The second-order valence-corrected chi connectivity index (χ2v) is 5.47. The van der Waals surface area contributed by atoms with E-state index < -0.39 is 0 Å². The van der Waals surface area contributed by atoms with E-state index in [1.54, 1.807) is 0 Å². The molecule has 4 aromatic rings. The minimum absolute atomic E-state index is 0.659. The lowest BCUT2D eigenvalue weighted by Gasteiger charge is -2.05. The number of aromatic nitrogens is 4. The molecule has 2 N–H and O–H groups in total. The second-order valence-electron chi connectivity index (χ2n) is 5.47. The number of aromatic amines is 1. The number of hydrogen-bond acceptors (Lipinski definition) is 3. The van der Waals surface area contributed by atoms with Crippen LogP contribution >= 0.6 is 0 Å². The number of H-pyrrole nitrogens is 1. The SMILES string of the molecule is c1ccc(-c2[nH]ncc2CNc2ccn(-c3ccccc3)n2)cc1. The molecule has 0 unspecified atom stereocenters. The Balaban J connectivity index is 1.49. The highest BCUT2D eigenvalue weighted by molar-refractivity contribution is 5.62. The summed E-state index contributed by atoms with van der Waals surface area (Å²) in [6.07, 6.45) is 3.80. The molecule has 118 valence electrons. The van der Waals surface area contributed by atoms with Crippen LogP contribution in [0.15, 0.2) is 79.1 Å². The highest BCUT2D eigenvalue weighted by Gasteiger charge is 2.08. The number of nitrogens with one attached hydrogen (secondary N) is 2. The van der Waals surface area contributed by atoms with Crippen LogP contribution in [-0.2, 0) is 6.54 Å². The predicted octanol–water partition coefficient (Wildman–Crippen LogP) is 3.87. The molecule has 0 radical (unpaired) electrons. The van der Waals surface area contributed by atoms with Crippen molar-refractivity contribution in [3.05, 3.63) is 84.7 Å². The van der Waals surface area contributed by atoms with Crippen molar-refractivity contribution in [2.45, 2.75) is 6.54 Å². The van der Waals surface area contributed by atoms with Crippen LogP contribution in [0.4, 0.5) is 5.82 Å². The summed E-state index contributed by atoms with van der Waals surface area (Å²) < 4.78 is 1.86. The Kier molecular flexibility index (Phi) is 3.81. The van der Waals surface area contributed by atoms with E-state index in [1.165, 1.54) is 0 Å². The van der Waals surface area contributed by atoms with E-state index in [4.69, 9.17) is 0 Å². The Hall–Kier alpha value is -3.34. The minimum atomic E-state index is 0.659. The van der Waals surface area contributed by atoms with E-state index in [0.717, 1.165) is 28.3 Å². The molecule has 0 amide bonds. The fourth-order valence-electron chi connectivity index (χ4n) is 2.63. The van der Waals surface area contributed by atoms with E-state index in [-0.39, 0.29) is 0 Å². The van der Waals surface area contributed by atoms with Crippen LogP contribution in [0.1, 0.15) is 5.56 Å². The first kappa shape index (κ1) is 14.3. The van der Waals surface area contributed by atoms with Gasteiger partial charge in [-0.3, -0.25) is 5.10 Å². The summed E-state index contributed by atoms with van der Waals surface area (Å²) in [5, 5.41) is 15.2. The molecule has 4 rings (SSSR count). The van der Waals surface area contributed by atoms with Crippen LogP contribution in [0.5, 0.6) is 0 Å². The lowest BCUT2D eigenvalue weighted by molar-refractivity contribution is 0.878. The Morgan fingerprint density at radius 3 is 2.46 bits per heavy atom. The van der Waals surface area contributed by atoms with Crippen molar-refractivity contribution in [3.63, 3.8) is 0 Å². The largest absolute Gasteiger partial charge is 0.364 e. The van der Waals surface area contributed by atoms with Crippen molar-refractivity contribution >= 4 is 5.82 Å². The van der Waals surface area contributed by atoms with Gasteiger partial charge in [0.2, 0.25) is 0 Å². The van der Waals surface area contributed by atoms with Gasteiger partial charge in [0.05, 0.1) is 17.6 Å². The normalized spacial score (nSPS) is 10.7. The van der Waals surface area contributed by atoms with E-state index >= 15 is 0 Å². The summed E-state index contributed by atoms with van der Waals surface area (Å²) in [5.41, 5.74) is 4.31. The highest BCUT2D eigenvalue weighted by atomic mass is 15.3. The number of hydrogen-bond donors (Lipinski definition) is 2. The van der Waals surface area contributed by atoms with Crippen LogP contribution in [0.25, 0.3) is 16.9 Å². The summed E-state index contributed by atoms with van der Waals surface area (Å²) >= 11 is 0. The first-order valence-electron chi connectivity index (χ1n) is 7.83. The molecule has 24 heavy (non-hydrogen) atoms. The third-order valence-electron chi connectivity index (χ3n) is 3.85. The van der Waals surface area contributed by atoms with E-state index in [9.17, 15) is 0 Å². The van der Waals surface area contributed by atoms with Gasteiger partial charge in [-0.25, -0.2) is 4.68 Å². The third kappa shape index (κ3) is 2.92. The zero-order valence-electron chi connectivity index (χ0n) is 13.1. The number of nitrogens with zero attached hydrogens (tertiary/aromatic N) is 3. The molecule has 0 saturated carbocycles. The van der Waals surface area contributed by atoms with Gasteiger partial charge < -0.3 is 5.32 Å². The quantitative estimate of drug-likeness (QED) is 0.587. The zero-order chi connectivity index (χ0) is 16.2. The summed E-state index contributed by atoms with van der Waals surface area (Å²) in [7, 11) is 0. The number of para-hydroxylation sites is 1. The van der Waals surface area contributed by atoms with Crippen molar-refractivity contribution < 1.29 is 0 Å². The fourth-order valence-corrected chi connectivity index (χ4v) is 2.63. The van der Waals surface area contributed by atoms with Gasteiger partial charge in [0, 0.05) is 24.4 Å². The summed E-state index contributed by atoms with van der Waals surface area (Å²) in [5.74, 6) is 0.832. The van der Waals surface area contributed by atoms with Gasteiger partial charge in [-0.2, -0.15) is 10.2 Å². The fraction of sp³-hybridized carbons (Fsp3) is 0.0526. The van der Waals surface area contributed by atoms with Crippen LogP contribution in [-0.4, -0.2) is 20.0 Å². The smallest absolute Gasteiger partial charge is 0.148 e. The second kappa shape index (κ2) is 6.42. The molecule has 2 heterocycles. The minimum Gasteiger partial charge on any atom is -0.364 e. The molecule has 2 aromatic carbocycles. The highest BCUT2D eigenvalue weighted by Crippen LogP contribution is 2.21. The molecular weight excluding hydrogens is 298 g/mol. The lowest BCUT2D eigenvalue weighted by atomic mass is 10.1. The van der Waals surface area contributed by atoms with Gasteiger partial charge in [-0.1, -0.05) is 48.5 Å². The predicted molar refractivity (Wildman–Crippen MR) is 94.9 cm³/mol. The van der Waals surface area contributed by atoms with Crippen molar-refractivity contribution in [3.8, 4) is 16.9 Å². The molecule has 2 aromatic heterocycles. The molecule has 0 saturated heterocycles. The monoisotopic (exact) mass is 315 g/mol. The number of anilines is 1. The summed E-state index contributed by atoms with van der Waals surface area (Å²) in [4.78, 5) is 0. The van der Waals surface area contributed by atoms with Crippen molar-refractivity contribution in [1.29, 1.82) is 0 Å². The number of benzene rings is 2. The third-order valence-corrected chi connectivity index (χ3v) is 3.85. The molecule has 0 atom stereocenters. The maximum absolute atomic E-state index is 4.56. The van der Waals surface area contributed by atoms with Gasteiger partial charge in [-0.05, 0) is 17.7 Å². The molecule has 5 nitrogen and oxygen atoms in total. The van der Waals surface area contributed by atoms with E-state index in [2.05, 4.69) is 32.7 Å². The molecule has 0 aliphatic rings. The average Bonchev–Trinajstić information content (AvgIpc) is 3.31. The molecule has 0 aliphatic heterocycles. The molecule has 0 fully saturated rings. The van der Waals surface area contributed by atoms with Crippen LogP contribution in [0.3, 0.4) is 0 Å². The molecule has 0 bridgehead atoms. The summed E-state index contributed by atoms with van der Waals surface area (Å²) in [6, 6.07) is 22.2. The topological polar surface area (TPSA) is 58.5 Å². The van der Waals surface area contributed by atoms with Crippen LogP contribution in [0.2, 0.25) is 0 Å². The molecule has 5 heteroatoms. The van der Waals surface area contributed by atoms with Crippen molar-refractivity contribution in [2.75, 3.05) is 5.32 Å². The van der Waals surface area contributed by atoms with E-state index in [0.29, 0.717) is 6.54 Å². The Morgan fingerprint density at radius 2 is 1.67 bits per heavy atom. The Bertz CT molecular complexity index is 909. The van der Waals surface area contributed by atoms with E-state index in [1.807, 2.05) is 71.7 Å². The van der Waals surface area contributed by atoms with Gasteiger partial charge in [0.25, 0.3) is 0 Å². The Morgan fingerprint density at radius 1 is 0.917 bits per heavy atom. The Labute approximate surface area is 140 Å².